The summed E-state index contributed by atoms with van der Waals surface area (Å²) >= 11 is 0. The number of pyridine rings is 1. The molecule has 1 aliphatic heterocycles. The summed E-state index contributed by atoms with van der Waals surface area (Å²) in [7, 11) is 0. The van der Waals surface area contributed by atoms with Crippen LogP contribution in [0, 0.1) is 13.8 Å². The van der Waals surface area contributed by atoms with E-state index >= 15 is 0 Å². The van der Waals surface area contributed by atoms with Crippen LogP contribution < -0.4 is 10.9 Å². The molecule has 1 aliphatic rings. The van der Waals surface area contributed by atoms with E-state index in [4.69, 9.17) is 0 Å². The van der Waals surface area contributed by atoms with Crippen molar-refractivity contribution in [3.05, 3.63) is 63.1 Å². The summed E-state index contributed by atoms with van der Waals surface area (Å²) in [6.45, 7) is 5.55. The highest BCUT2D eigenvalue weighted by atomic mass is 16.2. The molecule has 1 aromatic heterocycles. The Hall–Kier alpha value is -2.40. The average molecular weight is 297 g/mol. The van der Waals surface area contributed by atoms with Crippen molar-refractivity contribution in [3.63, 3.8) is 0 Å². The zero-order valence-electron chi connectivity index (χ0n) is 12.8. The molecular formula is C17H19N3O2. The van der Waals surface area contributed by atoms with Gasteiger partial charge < -0.3 is 10.3 Å². The lowest BCUT2D eigenvalue weighted by Gasteiger charge is -2.16. The Bertz CT molecular complexity index is 728. The number of H-pyrrole nitrogens is 1. The van der Waals surface area contributed by atoms with Gasteiger partial charge in [0.25, 0.3) is 0 Å². The number of aromatic amines is 1. The van der Waals surface area contributed by atoms with Crippen molar-refractivity contribution in [2.75, 3.05) is 11.9 Å². The molecule has 0 aliphatic carbocycles. The summed E-state index contributed by atoms with van der Waals surface area (Å²) in [4.78, 5) is 28.5. The standard InChI is InChI=1S/C17H19N3O2/c1-11-7-15(21)18-12(2)17(11)19-16(22)10-20-8-13-5-3-4-6-14(13)9-20/h3-7H,8-10H2,1-2H3,(H,18,21)(H,19,22). The number of nitrogens with zero attached hydrogens (tertiary/aromatic N) is 1. The van der Waals surface area contributed by atoms with Gasteiger partial charge in [-0.1, -0.05) is 24.3 Å². The van der Waals surface area contributed by atoms with Gasteiger partial charge in [0.1, 0.15) is 0 Å². The number of amides is 1. The summed E-state index contributed by atoms with van der Waals surface area (Å²) in [5.41, 5.74) is 4.57. The van der Waals surface area contributed by atoms with Crippen LogP contribution in [0.3, 0.4) is 0 Å². The molecule has 0 saturated heterocycles. The summed E-state index contributed by atoms with van der Waals surface area (Å²) in [5, 5.41) is 2.91. The second-order valence-corrected chi connectivity index (χ2v) is 5.78. The Morgan fingerprint density at radius 3 is 2.45 bits per heavy atom. The van der Waals surface area contributed by atoms with E-state index in [1.54, 1.807) is 6.92 Å². The lowest BCUT2D eigenvalue weighted by Crippen LogP contribution is -2.30. The van der Waals surface area contributed by atoms with Crippen LogP contribution in [0.1, 0.15) is 22.4 Å². The van der Waals surface area contributed by atoms with Crippen LogP contribution in [-0.2, 0) is 17.9 Å². The van der Waals surface area contributed by atoms with Gasteiger partial charge in [-0.25, -0.2) is 0 Å². The summed E-state index contributed by atoms with van der Waals surface area (Å²) in [6, 6.07) is 9.74. The molecule has 0 radical (unpaired) electrons. The maximum atomic E-state index is 12.3. The van der Waals surface area contributed by atoms with Crippen molar-refractivity contribution < 1.29 is 4.79 Å². The SMILES string of the molecule is Cc1cc(=O)[nH]c(C)c1NC(=O)CN1Cc2ccccc2C1. The molecule has 0 spiro atoms. The highest BCUT2D eigenvalue weighted by Gasteiger charge is 2.20. The topological polar surface area (TPSA) is 65.2 Å². The van der Waals surface area contributed by atoms with Crippen LogP contribution in [0.4, 0.5) is 5.69 Å². The largest absolute Gasteiger partial charge is 0.324 e. The zero-order valence-corrected chi connectivity index (χ0v) is 12.8. The molecule has 0 atom stereocenters. The molecule has 2 heterocycles. The minimum atomic E-state index is -0.150. The average Bonchev–Trinajstić information content (AvgIpc) is 2.84. The zero-order chi connectivity index (χ0) is 15.7. The predicted octanol–water partition coefficient (Wildman–Crippen LogP) is 1.95. The first-order valence-electron chi connectivity index (χ1n) is 7.32. The lowest BCUT2D eigenvalue weighted by molar-refractivity contribution is -0.117. The Balaban J connectivity index is 1.66. The molecule has 1 aromatic carbocycles. The van der Waals surface area contributed by atoms with Gasteiger partial charge in [0.05, 0.1) is 12.2 Å². The van der Waals surface area contributed by atoms with Crippen molar-refractivity contribution in [1.82, 2.24) is 9.88 Å². The monoisotopic (exact) mass is 297 g/mol. The number of carbonyl (C=O) groups is 1. The van der Waals surface area contributed by atoms with Gasteiger partial charge >= 0.3 is 0 Å². The van der Waals surface area contributed by atoms with E-state index in [1.165, 1.54) is 17.2 Å². The van der Waals surface area contributed by atoms with Crippen molar-refractivity contribution in [3.8, 4) is 0 Å². The number of fused-ring (bicyclic) bond motifs is 1. The van der Waals surface area contributed by atoms with Gasteiger partial charge in [-0.3, -0.25) is 14.5 Å². The van der Waals surface area contributed by atoms with Gasteiger partial charge in [-0.15, -0.1) is 0 Å². The van der Waals surface area contributed by atoms with Crippen LogP contribution in [-0.4, -0.2) is 22.3 Å². The molecule has 3 rings (SSSR count). The van der Waals surface area contributed by atoms with Crippen molar-refractivity contribution in [1.29, 1.82) is 0 Å². The van der Waals surface area contributed by atoms with Crippen LogP contribution >= 0.6 is 0 Å². The van der Waals surface area contributed by atoms with Gasteiger partial charge in [-0.2, -0.15) is 0 Å². The fourth-order valence-corrected chi connectivity index (χ4v) is 2.94. The van der Waals surface area contributed by atoms with Gasteiger partial charge in [0.2, 0.25) is 11.5 Å². The number of aromatic nitrogens is 1. The molecule has 114 valence electrons. The van der Waals surface area contributed by atoms with E-state index in [0.29, 0.717) is 17.9 Å². The fraction of sp³-hybridized carbons (Fsp3) is 0.294. The number of carbonyl (C=O) groups excluding carboxylic acids is 1. The number of hydrogen-bond donors (Lipinski definition) is 2. The minimum Gasteiger partial charge on any atom is -0.324 e. The first-order valence-corrected chi connectivity index (χ1v) is 7.32. The van der Waals surface area contributed by atoms with E-state index < -0.39 is 0 Å². The number of aryl methyl sites for hydroxylation is 2. The smallest absolute Gasteiger partial charge is 0.248 e. The fourth-order valence-electron chi connectivity index (χ4n) is 2.94. The molecule has 0 fully saturated rings. The van der Waals surface area contributed by atoms with E-state index in [1.807, 2.05) is 19.1 Å². The lowest BCUT2D eigenvalue weighted by atomic mass is 10.1. The van der Waals surface area contributed by atoms with Crippen LogP contribution in [0.15, 0.2) is 35.1 Å². The van der Waals surface area contributed by atoms with Crippen molar-refractivity contribution in [2.45, 2.75) is 26.9 Å². The third-order valence-corrected chi connectivity index (χ3v) is 3.97. The van der Waals surface area contributed by atoms with Crippen LogP contribution in [0.5, 0.6) is 0 Å². The molecule has 2 N–H and O–H groups in total. The second kappa shape index (κ2) is 5.77. The molecule has 5 heteroatoms. The third kappa shape index (κ3) is 2.94. The summed E-state index contributed by atoms with van der Waals surface area (Å²) in [6.07, 6.45) is 0. The number of benzene rings is 1. The Kier molecular flexibility index (Phi) is 3.81. The van der Waals surface area contributed by atoms with Crippen molar-refractivity contribution >= 4 is 11.6 Å². The van der Waals surface area contributed by atoms with Gasteiger partial charge in [0, 0.05) is 24.8 Å². The van der Waals surface area contributed by atoms with E-state index in [2.05, 4.69) is 27.3 Å². The molecule has 22 heavy (non-hydrogen) atoms. The molecule has 0 unspecified atom stereocenters. The van der Waals surface area contributed by atoms with E-state index in [9.17, 15) is 9.59 Å². The summed E-state index contributed by atoms with van der Waals surface area (Å²) < 4.78 is 0. The Morgan fingerprint density at radius 1 is 1.23 bits per heavy atom. The number of rotatable bonds is 3. The normalized spacial score (nSPS) is 13.9. The van der Waals surface area contributed by atoms with E-state index in [-0.39, 0.29) is 11.5 Å². The first-order chi connectivity index (χ1) is 10.5. The Labute approximate surface area is 129 Å². The Morgan fingerprint density at radius 2 is 1.86 bits per heavy atom. The minimum absolute atomic E-state index is 0.0638. The van der Waals surface area contributed by atoms with Crippen LogP contribution in [0.2, 0.25) is 0 Å². The highest BCUT2D eigenvalue weighted by Crippen LogP contribution is 2.22. The third-order valence-electron chi connectivity index (χ3n) is 3.97. The van der Waals surface area contributed by atoms with Crippen LogP contribution in [0.25, 0.3) is 0 Å². The predicted molar refractivity (Wildman–Crippen MR) is 85.7 cm³/mol. The molecular weight excluding hydrogens is 278 g/mol. The van der Waals surface area contributed by atoms with Gasteiger partial charge in [-0.05, 0) is 30.5 Å². The molecule has 1 amide bonds. The molecule has 0 bridgehead atoms. The molecule has 5 nitrogen and oxygen atoms in total. The number of anilines is 1. The maximum absolute atomic E-state index is 12.3. The number of nitrogens with one attached hydrogen (secondary N) is 2. The number of hydrogen-bond acceptors (Lipinski definition) is 3. The quantitative estimate of drug-likeness (QED) is 0.910. The molecule has 2 aromatic rings. The highest BCUT2D eigenvalue weighted by molar-refractivity contribution is 5.93. The first kappa shape index (κ1) is 14.5. The summed E-state index contributed by atoms with van der Waals surface area (Å²) in [5.74, 6) is -0.0638. The van der Waals surface area contributed by atoms with Gasteiger partial charge in [0.15, 0.2) is 0 Å². The second-order valence-electron chi connectivity index (χ2n) is 5.78. The maximum Gasteiger partial charge on any atom is 0.248 e. The molecule has 0 saturated carbocycles. The van der Waals surface area contributed by atoms with Crippen molar-refractivity contribution in [2.24, 2.45) is 0 Å². The van der Waals surface area contributed by atoms with E-state index in [0.717, 1.165) is 18.7 Å².